The van der Waals surface area contributed by atoms with E-state index in [1.165, 1.54) is 23.9 Å². The van der Waals surface area contributed by atoms with E-state index in [0.29, 0.717) is 11.3 Å². The second kappa shape index (κ2) is 5.01. The second-order valence-electron chi connectivity index (χ2n) is 3.60. The van der Waals surface area contributed by atoms with Gasteiger partial charge in [-0.2, -0.15) is 0 Å². The number of nitrogens with one attached hydrogen (secondary N) is 1. The van der Waals surface area contributed by atoms with E-state index in [9.17, 15) is 9.59 Å². The van der Waals surface area contributed by atoms with Gasteiger partial charge in [-0.25, -0.2) is 9.78 Å². The van der Waals surface area contributed by atoms with Gasteiger partial charge in [0.1, 0.15) is 6.33 Å². The molecule has 0 aliphatic heterocycles. The fourth-order valence-corrected chi connectivity index (χ4v) is 1.62. The van der Waals surface area contributed by atoms with Crippen molar-refractivity contribution >= 4 is 11.6 Å². The Balaban J connectivity index is 2.56. The lowest BCUT2D eigenvalue weighted by molar-refractivity contribution is 0.0522. The van der Waals surface area contributed by atoms with Crippen LogP contribution in [-0.4, -0.2) is 34.1 Å². The van der Waals surface area contributed by atoms with Crippen LogP contribution in [0.4, 0.5) is 0 Å². The normalized spacial score (nSPS) is 10.8. The van der Waals surface area contributed by atoms with E-state index in [1.807, 2.05) is 0 Å². The SMILES string of the molecule is CCOC(=O)c1ncn2c(=O)cc(COC)[nH]c12. The smallest absolute Gasteiger partial charge is 0.360 e. The van der Waals surface area contributed by atoms with E-state index in [4.69, 9.17) is 9.47 Å². The molecule has 0 saturated carbocycles. The Morgan fingerprint density at radius 1 is 1.56 bits per heavy atom. The topological polar surface area (TPSA) is 85.7 Å². The first-order chi connectivity index (χ1) is 8.67. The average molecular weight is 251 g/mol. The van der Waals surface area contributed by atoms with Crippen LogP contribution >= 0.6 is 0 Å². The highest BCUT2D eigenvalue weighted by atomic mass is 16.5. The highest BCUT2D eigenvalue weighted by molar-refractivity contribution is 5.93. The molecule has 7 heteroatoms. The molecular formula is C11H13N3O4. The quantitative estimate of drug-likeness (QED) is 0.792. The van der Waals surface area contributed by atoms with Crippen LogP contribution in [0, 0.1) is 0 Å². The third-order valence-electron chi connectivity index (χ3n) is 2.35. The number of nitrogens with zero attached hydrogens (tertiary/aromatic N) is 2. The minimum absolute atomic E-state index is 0.0897. The molecule has 2 heterocycles. The summed E-state index contributed by atoms with van der Waals surface area (Å²) in [5.74, 6) is -0.565. The predicted molar refractivity (Wildman–Crippen MR) is 62.5 cm³/mol. The number of esters is 1. The lowest BCUT2D eigenvalue weighted by atomic mass is 10.4. The van der Waals surface area contributed by atoms with E-state index in [1.54, 1.807) is 6.92 Å². The summed E-state index contributed by atoms with van der Waals surface area (Å²) < 4.78 is 11.1. The lowest BCUT2D eigenvalue weighted by Gasteiger charge is -2.03. The fourth-order valence-electron chi connectivity index (χ4n) is 1.62. The Kier molecular flexibility index (Phi) is 3.42. The van der Waals surface area contributed by atoms with E-state index in [0.717, 1.165) is 0 Å². The predicted octanol–water partition coefficient (Wildman–Crippen LogP) is 0.346. The number of rotatable bonds is 4. The molecule has 0 amide bonds. The van der Waals surface area contributed by atoms with E-state index < -0.39 is 5.97 Å². The Bertz CT molecular complexity index is 629. The molecule has 0 atom stereocenters. The highest BCUT2D eigenvalue weighted by Gasteiger charge is 2.16. The number of ether oxygens (including phenoxy) is 2. The number of hydrogen-bond acceptors (Lipinski definition) is 5. The van der Waals surface area contributed by atoms with E-state index in [2.05, 4.69) is 9.97 Å². The van der Waals surface area contributed by atoms with Crippen LogP contribution in [0.1, 0.15) is 23.1 Å². The molecular weight excluding hydrogens is 238 g/mol. The molecule has 0 spiro atoms. The molecule has 18 heavy (non-hydrogen) atoms. The van der Waals surface area contributed by atoms with Crippen molar-refractivity contribution in [3.8, 4) is 0 Å². The van der Waals surface area contributed by atoms with Gasteiger partial charge in [-0.15, -0.1) is 0 Å². The van der Waals surface area contributed by atoms with E-state index >= 15 is 0 Å². The van der Waals surface area contributed by atoms with Crippen LogP contribution in [0.5, 0.6) is 0 Å². The van der Waals surface area contributed by atoms with Crippen molar-refractivity contribution in [3.05, 3.63) is 34.1 Å². The summed E-state index contributed by atoms with van der Waals surface area (Å²) in [5.41, 5.74) is 0.694. The standard InChI is InChI=1S/C11H13N3O4/c1-3-18-11(16)9-10-13-7(5-17-2)4-8(15)14(10)6-12-9/h4,6,13H,3,5H2,1-2H3. The van der Waals surface area contributed by atoms with Crippen molar-refractivity contribution in [2.45, 2.75) is 13.5 Å². The van der Waals surface area contributed by atoms with Gasteiger partial charge in [0.15, 0.2) is 11.3 Å². The summed E-state index contributed by atoms with van der Waals surface area (Å²) in [6, 6.07) is 1.40. The molecule has 0 radical (unpaired) electrons. The number of methoxy groups -OCH3 is 1. The number of hydrogen-bond donors (Lipinski definition) is 1. The molecule has 0 aliphatic rings. The summed E-state index contributed by atoms with van der Waals surface area (Å²) in [6.45, 7) is 2.20. The first kappa shape index (κ1) is 12.3. The highest BCUT2D eigenvalue weighted by Crippen LogP contribution is 2.07. The van der Waals surface area contributed by atoms with Crippen molar-refractivity contribution in [3.63, 3.8) is 0 Å². The van der Waals surface area contributed by atoms with Crippen molar-refractivity contribution in [1.29, 1.82) is 0 Å². The number of H-pyrrole nitrogens is 1. The van der Waals surface area contributed by atoms with Gasteiger partial charge in [-0.3, -0.25) is 9.20 Å². The molecule has 96 valence electrons. The van der Waals surface area contributed by atoms with Gasteiger partial charge < -0.3 is 14.5 Å². The average Bonchev–Trinajstić information content (AvgIpc) is 2.74. The zero-order valence-corrected chi connectivity index (χ0v) is 10.1. The van der Waals surface area contributed by atoms with Gasteiger partial charge in [-0.1, -0.05) is 0 Å². The Morgan fingerprint density at radius 3 is 3.00 bits per heavy atom. The molecule has 2 aromatic rings. The number of fused-ring (bicyclic) bond motifs is 1. The molecule has 0 aromatic carbocycles. The van der Waals surface area contributed by atoms with Crippen molar-refractivity contribution in [2.24, 2.45) is 0 Å². The van der Waals surface area contributed by atoms with Crippen LogP contribution in [0.2, 0.25) is 0 Å². The third-order valence-corrected chi connectivity index (χ3v) is 2.35. The maximum absolute atomic E-state index is 11.8. The van der Waals surface area contributed by atoms with Crippen LogP contribution in [0.25, 0.3) is 5.65 Å². The van der Waals surface area contributed by atoms with Gasteiger partial charge in [0.05, 0.1) is 13.2 Å². The molecule has 7 nitrogen and oxygen atoms in total. The number of aromatic amines is 1. The van der Waals surface area contributed by atoms with Crippen molar-refractivity contribution < 1.29 is 14.3 Å². The largest absolute Gasteiger partial charge is 0.461 e. The van der Waals surface area contributed by atoms with Gasteiger partial charge in [0.2, 0.25) is 0 Å². The monoisotopic (exact) mass is 251 g/mol. The third kappa shape index (κ3) is 2.12. The number of imidazole rings is 1. The summed E-state index contributed by atoms with van der Waals surface area (Å²) in [6.07, 6.45) is 1.29. The minimum Gasteiger partial charge on any atom is -0.461 e. The molecule has 0 aliphatic carbocycles. The van der Waals surface area contributed by atoms with Crippen LogP contribution in [-0.2, 0) is 16.1 Å². The van der Waals surface area contributed by atoms with Crippen LogP contribution < -0.4 is 5.56 Å². The van der Waals surface area contributed by atoms with Gasteiger partial charge in [0, 0.05) is 18.9 Å². The molecule has 2 rings (SSSR count). The van der Waals surface area contributed by atoms with Gasteiger partial charge in [0.25, 0.3) is 5.56 Å². The maximum Gasteiger partial charge on any atom is 0.360 e. The minimum atomic E-state index is -0.565. The molecule has 1 N–H and O–H groups in total. The Labute approximate surface area is 102 Å². The summed E-state index contributed by atoms with van der Waals surface area (Å²) in [7, 11) is 1.52. The lowest BCUT2D eigenvalue weighted by Crippen LogP contribution is -2.15. The maximum atomic E-state index is 11.8. The fraction of sp³-hybridized carbons (Fsp3) is 0.364. The molecule has 0 unspecified atom stereocenters. The summed E-state index contributed by atoms with van der Waals surface area (Å²) >= 11 is 0. The zero-order chi connectivity index (χ0) is 13.1. The number of aromatic nitrogens is 3. The first-order valence-electron chi connectivity index (χ1n) is 5.42. The van der Waals surface area contributed by atoms with Gasteiger partial charge in [-0.05, 0) is 6.92 Å². The van der Waals surface area contributed by atoms with Crippen LogP contribution in [0.15, 0.2) is 17.2 Å². The number of carbonyl (C=O) groups excluding carboxylic acids is 1. The zero-order valence-electron chi connectivity index (χ0n) is 10.1. The first-order valence-corrected chi connectivity index (χ1v) is 5.42. The Hall–Kier alpha value is -2.15. The number of carbonyl (C=O) groups is 1. The van der Waals surface area contributed by atoms with Gasteiger partial charge >= 0.3 is 5.97 Å². The molecule has 0 bridgehead atoms. The molecule has 2 aromatic heterocycles. The Morgan fingerprint density at radius 2 is 2.33 bits per heavy atom. The van der Waals surface area contributed by atoms with Crippen molar-refractivity contribution in [1.82, 2.24) is 14.4 Å². The second-order valence-corrected chi connectivity index (χ2v) is 3.60. The van der Waals surface area contributed by atoms with Crippen molar-refractivity contribution in [2.75, 3.05) is 13.7 Å². The summed E-state index contributed by atoms with van der Waals surface area (Å²) in [5, 5.41) is 0. The van der Waals surface area contributed by atoms with E-state index in [-0.39, 0.29) is 24.5 Å². The molecule has 0 fully saturated rings. The summed E-state index contributed by atoms with van der Waals surface area (Å²) in [4.78, 5) is 30.2. The van der Waals surface area contributed by atoms with Crippen LogP contribution in [0.3, 0.4) is 0 Å². The molecule has 0 saturated heterocycles.